The van der Waals surface area contributed by atoms with Crippen LogP contribution in [0.15, 0.2) is 35.4 Å². The third-order valence-corrected chi connectivity index (χ3v) is 17.3. The molecule has 0 amide bonds. The van der Waals surface area contributed by atoms with E-state index in [0.29, 0.717) is 43.0 Å². The van der Waals surface area contributed by atoms with Crippen molar-refractivity contribution in [1.82, 2.24) is 4.90 Å². The molecular weight excluding hydrogens is 738 g/mol. The fraction of sp³-hybridized carbons (Fsp3) is 0.771. The molecule has 0 saturated heterocycles. The Morgan fingerprint density at radius 2 is 1.63 bits per heavy atom. The molecule has 0 aliphatic heterocycles. The Labute approximate surface area is 347 Å². The van der Waals surface area contributed by atoms with Crippen LogP contribution in [0.25, 0.3) is 0 Å². The fourth-order valence-corrected chi connectivity index (χ4v) is 14.0. The number of hydrogen-bond donors (Lipinski definition) is 2. The summed E-state index contributed by atoms with van der Waals surface area (Å²) in [4.78, 5) is 41.6. The van der Waals surface area contributed by atoms with Gasteiger partial charge >= 0.3 is 11.9 Å². The van der Waals surface area contributed by atoms with Crippen LogP contribution in [-0.4, -0.2) is 71.8 Å². The number of aliphatic hydroxyl groups excluding tert-OH is 1. The van der Waals surface area contributed by atoms with Crippen LogP contribution in [0.1, 0.15) is 139 Å². The standard InChI is InChI=1S/C48H72ClNO7/c1-30(2)40-34(51)26-48(37(52)29-50(24-11-25-56-10)28-31-12-14-32(49)15-13-31)23-22-46(8)33(41(40)48)16-17-36-45(7)20-19-38(57-39(53)27-43(3,4)42(54)55)44(5,6)35(45)18-21-47(36,46)9/h12-15,30,33,35-38,52H,11,16-29H2,1-10H3,(H,54,55). The number of methoxy groups -OCH3 is 1. The van der Waals surface area contributed by atoms with Crippen molar-refractivity contribution in [3.8, 4) is 0 Å². The average Bonchev–Trinajstić information content (AvgIpc) is 3.44. The Morgan fingerprint density at radius 3 is 2.26 bits per heavy atom. The SMILES string of the molecule is COCCCN(Cc1ccc(Cl)cc1)CC(O)C12CCC3(C)C(CCC4C5(C)CCC(OC(=O)CC(C)(C)C(=O)O)C(C)(C)C5CCC43C)C1=C(C(C)C)C(=O)C2. The number of rotatable bonds is 14. The van der Waals surface area contributed by atoms with Crippen LogP contribution in [0.3, 0.4) is 0 Å². The fourth-order valence-electron chi connectivity index (χ4n) is 13.8. The van der Waals surface area contributed by atoms with Crippen LogP contribution < -0.4 is 0 Å². The summed E-state index contributed by atoms with van der Waals surface area (Å²) in [5.74, 6) is -0.0329. The third-order valence-electron chi connectivity index (χ3n) is 17.1. The number of carbonyl (C=O) groups excluding carboxylic acids is 2. The predicted molar refractivity (Wildman–Crippen MR) is 225 cm³/mol. The molecule has 9 atom stereocenters. The Bertz CT molecular complexity index is 1720. The van der Waals surface area contributed by atoms with E-state index in [9.17, 15) is 24.6 Å². The Kier molecular flexibility index (Phi) is 12.4. The van der Waals surface area contributed by atoms with E-state index in [1.54, 1.807) is 21.0 Å². The molecule has 9 unspecified atom stereocenters. The van der Waals surface area contributed by atoms with E-state index in [-0.39, 0.29) is 51.8 Å². The minimum absolute atomic E-state index is 0.0326. The summed E-state index contributed by atoms with van der Waals surface area (Å²) in [6.45, 7) is 22.3. The van der Waals surface area contributed by atoms with Gasteiger partial charge in [0.25, 0.3) is 0 Å². The van der Waals surface area contributed by atoms with Gasteiger partial charge in [-0.25, -0.2) is 0 Å². The molecule has 2 N–H and O–H groups in total. The molecule has 57 heavy (non-hydrogen) atoms. The molecule has 6 rings (SSSR count). The molecule has 0 bridgehead atoms. The van der Waals surface area contributed by atoms with Gasteiger partial charge in [-0.3, -0.25) is 19.3 Å². The summed E-state index contributed by atoms with van der Waals surface area (Å²) < 4.78 is 11.6. The van der Waals surface area contributed by atoms with Crippen molar-refractivity contribution in [1.29, 1.82) is 0 Å². The highest BCUT2D eigenvalue weighted by molar-refractivity contribution is 6.30. The molecule has 5 aliphatic rings. The molecule has 8 nitrogen and oxygen atoms in total. The van der Waals surface area contributed by atoms with Crippen LogP contribution in [0.4, 0.5) is 0 Å². The zero-order chi connectivity index (χ0) is 41.9. The number of ketones is 1. The zero-order valence-electron chi connectivity index (χ0n) is 36.6. The van der Waals surface area contributed by atoms with Crippen LogP contribution in [0.2, 0.25) is 5.02 Å². The van der Waals surface area contributed by atoms with Gasteiger partial charge in [0.05, 0.1) is 17.9 Å². The molecule has 318 valence electrons. The number of benzene rings is 1. The minimum Gasteiger partial charge on any atom is -0.481 e. The molecule has 4 fully saturated rings. The van der Waals surface area contributed by atoms with Gasteiger partial charge in [-0.05, 0) is 135 Å². The number of esters is 1. The number of hydrogen-bond acceptors (Lipinski definition) is 7. The number of halogens is 1. The predicted octanol–water partition coefficient (Wildman–Crippen LogP) is 9.93. The van der Waals surface area contributed by atoms with Crippen LogP contribution in [-0.2, 0) is 30.4 Å². The van der Waals surface area contributed by atoms with E-state index in [1.165, 1.54) is 5.57 Å². The van der Waals surface area contributed by atoms with Crippen molar-refractivity contribution in [2.24, 2.45) is 56.2 Å². The molecule has 1 aromatic rings. The number of aliphatic hydroxyl groups is 1. The lowest BCUT2D eigenvalue weighted by atomic mass is 9.33. The zero-order valence-corrected chi connectivity index (χ0v) is 37.4. The van der Waals surface area contributed by atoms with Gasteiger partial charge in [0, 0.05) is 55.6 Å². The number of allylic oxidation sites excluding steroid dienone is 1. The highest BCUT2D eigenvalue weighted by Gasteiger charge is 2.71. The summed E-state index contributed by atoms with van der Waals surface area (Å²) in [7, 11) is 1.73. The number of Topliss-reactive ketones (excluding diaryl/α,β-unsaturated/α-hetero) is 1. The number of carboxylic acid groups (broad SMARTS) is 1. The average molecular weight is 811 g/mol. The Morgan fingerprint density at radius 1 is 0.947 bits per heavy atom. The van der Waals surface area contributed by atoms with E-state index in [1.807, 2.05) is 12.1 Å². The Balaban J connectivity index is 1.28. The van der Waals surface area contributed by atoms with Crippen molar-refractivity contribution in [3.05, 3.63) is 46.0 Å². The van der Waals surface area contributed by atoms with E-state index in [0.717, 1.165) is 75.5 Å². The van der Waals surface area contributed by atoms with E-state index in [2.05, 4.69) is 65.5 Å². The molecule has 1 aromatic carbocycles. The van der Waals surface area contributed by atoms with E-state index in [4.69, 9.17) is 21.1 Å². The first kappa shape index (κ1) is 44.3. The molecule has 0 spiro atoms. The number of ether oxygens (including phenoxy) is 2. The van der Waals surface area contributed by atoms with Crippen molar-refractivity contribution in [3.63, 3.8) is 0 Å². The second-order valence-corrected chi connectivity index (χ2v) is 21.7. The highest BCUT2D eigenvalue weighted by Crippen LogP contribution is 2.77. The summed E-state index contributed by atoms with van der Waals surface area (Å²) in [6, 6.07) is 7.96. The van der Waals surface area contributed by atoms with Crippen molar-refractivity contribution in [2.75, 3.05) is 26.8 Å². The van der Waals surface area contributed by atoms with Crippen LogP contribution >= 0.6 is 11.6 Å². The lowest BCUT2D eigenvalue weighted by Crippen LogP contribution is -2.66. The molecule has 0 radical (unpaired) electrons. The van der Waals surface area contributed by atoms with Gasteiger partial charge in [-0.2, -0.15) is 0 Å². The topological polar surface area (TPSA) is 113 Å². The van der Waals surface area contributed by atoms with Crippen molar-refractivity contribution in [2.45, 2.75) is 152 Å². The summed E-state index contributed by atoms with van der Waals surface area (Å²) >= 11 is 6.23. The van der Waals surface area contributed by atoms with Gasteiger partial charge < -0.3 is 19.7 Å². The third kappa shape index (κ3) is 7.58. The first-order valence-corrected chi connectivity index (χ1v) is 22.3. The maximum Gasteiger partial charge on any atom is 0.309 e. The largest absolute Gasteiger partial charge is 0.481 e. The number of carboxylic acids is 1. The van der Waals surface area contributed by atoms with Gasteiger partial charge in [-0.15, -0.1) is 0 Å². The smallest absolute Gasteiger partial charge is 0.309 e. The monoisotopic (exact) mass is 809 g/mol. The number of aliphatic carboxylic acids is 1. The molecule has 9 heteroatoms. The van der Waals surface area contributed by atoms with Crippen LogP contribution in [0, 0.1) is 56.2 Å². The van der Waals surface area contributed by atoms with E-state index < -0.39 is 28.9 Å². The first-order valence-electron chi connectivity index (χ1n) is 21.9. The molecule has 4 saturated carbocycles. The number of fused-ring (bicyclic) bond motifs is 7. The van der Waals surface area contributed by atoms with Gasteiger partial charge in [0.2, 0.25) is 0 Å². The lowest BCUT2D eigenvalue weighted by molar-refractivity contribution is -0.235. The second-order valence-electron chi connectivity index (χ2n) is 21.3. The van der Waals surface area contributed by atoms with E-state index >= 15 is 0 Å². The summed E-state index contributed by atoms with van der Waals surface area (Å²) in [5.41, 5.74) is 1.48. The molecule has 5 aliphatic carbocycles. The van der Waals surface area contributed by atoms with Gasteiger partial charge in [0.1, 0.15) is 6.10 Å². The number of carbonyl (C=O) groups is 3. The summed E-state index contributed by atoms with van der Waals surface area (Å²) in [5, 5.41) is 23.0. The van der Waals surface area contributed by atoms with Crippen molar-refractivity contribution < 1.29 is 34.1 Å². The number of nitrogens with zero attached hydrogens (tertiary/aromatic N) is 1. The second kappa shape index (κ2) is 16.0. The maximum atomic E-state index is 14.3. The lowest BCUT2D eigenvalue weighted by Gasteiger charge is -2.72. The summed E-state index contributed by atoms with van der Waals surface area (Å²) in [6.07, 6.45) is 7.91. The maximum absolute atomic E-state index is 14.3. The first-order chi connectivity index (χ1) is 26.6. The highest BCUT2D eigenvalue weighted by atomic mass is 35.5. The minimum atomic E-state index is -1.17. The normalized spacial score (nSPS) is 35.4. The molecule has 0 heterocycles. The molecular formula is C48H72ClNO7. The molecule has 0 aromatic heterocycles. The quantitative estimate of drug-likeness (QED) is 0.141. The van der Waals surface area contributed by atoms with Crippen LogP contribution in [0.5, 0.6) is 0 Å². The van der Waals surface area contributed by atoms with Crippen molar-refractivity contribution >= 4 is 29.3 Å². The van der Waals surface area contributed by atoms with Gasteiger partial charge in [0.15, 0.2) is 5.78 Å². The van der Waals surface area contributed by atoms with Gasteiger partial charge in [-0.1, -0.05) is 77.8 Å². The Hall–Kier alpha value is -2.26.